The molecule has 5 aromatic rings. The first kappa shape index (κ1) is 14.1. The van der Waals surface area contributed by atoms with Gasteiger partial charge in [-0.15, -0.1) is 11.3 Å². The van der Waals surface area contributed by atoms with Gasteiger partial charge in [0.25, 0.3) is 0 Å². The van der Waals surface area contributed by atoms with E-state index in [0.717, 1.165) is 6.54 Å². The van der Waals surface area contributed by atoms with Gasteiger partial charge in [-0.3, -0.25) is 0 Å². The van der Waals surface area contributed by atoms with Gasteiger partial charge in [0.2, 0.25) is 0 Å². The van der Waals surface area contributed by atoms with Crippen molar-refractivity contribution in [3.8, 4) is 0 Å². The van der Waals surface area contributed by atoms with Crippen molar-refractivity contribution < 1.29 is 0 Å². The smallest absolute Gasteiger partial charge is 0.0498 e. The molecule has 0 radical (unpaired) electrons. The van der Waals surface area contributed by atoms with Crippen molar-refractivity contribution in [2.75, 3.05) is 0 Å². The third-order valence-electron chi connectivity index (χ3n) is 5.09. The molecule has 0 fully saturated rings. The molecule has 0 spiro atoms. The van der Waals surface area contributed by atoms with Crippen LogP contribution < -0.4 is 0 Å². The molecule has 118 valence electrons. The van der Waals surface area contributed by atoms with Gasteiger partial charge in [0.05, 0.1) is 0 Å². The van der Waals surface area contributed by atoms with Crippen LogP contribution in [0.15, 0.2) is 48.5 Å². The van der Waals surface area contributed by atoms with Crippen LogP contribution in [0.3, 0.4) is 0 Å². The minimum absolute atomic E-state index is 0.996. The Bertz CT molecular complexity index is 1250. The Morgan fingerprint density at radius 3 is 2.21 bits per heavy atom. The first-order valence-corrected chi connectivity index (χ1v) is 9.33. The minimum atomic E-state index is 0.996. The highest BCUT2D eigenvalue weighted by molar-refractivity contribution is 7.26. The zero-order chi connectivity index (χ0) is 16.4. The van der Waals surface area contributed by atoms with Crippen molar-refractivity contribution in [2.24, 2.45) is 0 Å². The number of rotatable bonds is 1. The van der Waals surface area contributed by atoms with Crippen LogP contribution >= 0.6 is 11.3 Å². The van der Waals surface area contributed by atoms with E-state index in [4.69, 9.17) is 0 Å². The topological polar surface area (TPSA) is 4.93 Å². The quantitative estimate of drug-likeness (QED) is 0.319. The molecular weight excluding hydrogens is 310 g/mol. The molecule has 0 aliphatic carbocycles. The molecule has 0 bridgehead atoms. The molecule has 3 aromatic carbocycles. The fraction of sp³-hybridized carbons (Fsp3) is 0.182. The van der Waals surface area contributed by atoms with Gasteiger partial charge in [0.1, 0.15) is 0 Å². The van der Waals surface area contributed by atoms with Crippen molar-refractivity contribution in [3.05, 3.63) is 59.7 Å². The molecule has 2 heterocycles. The Labute approximate surface area is 145 Å². The molecule has 0 N–H and O–H groups in total. The molecule has 24 heavy (non-hydrogen) atoms. The third kappa shape index (κ3) is 1.75. The minimum Gasteiger partial charge on any atom is -0.341 e. The Balaban J connectivity index is 2.14. The van der Waals surface area contributed by atoms with Gasteiger partial charge in [-0.2, -0.15) is 0 Å². The van der Waals surface area contributed by atoms with Crippen LogP contribution in [0.1, 0.15) is 18.1 Å². The van der Waals surface area contributed by atoms with Gasteiger partial charge >= 0.3 is 0 Å². The maximum Gasteiger partial charge on any atom is 0.0498 e. The molecule has 5 rings (SSSR count). The molecule has 0 aliphatic rings. The first-order valence-electron chi connectivity index (χ1n) is 8.52. The predicted molar refractivity (Wildman–Crippen MR) is 107 cm³/mol. The standard InChI is InChI=1S/C22H19NS/c1-4-23-17-7-5-13(2)11-15(17)21-18(23)8-10-20-22(21)16-12-14(3)6-9-19(16)24-20/h5-12H,4H2,1-3H3. The summed E-state index contributed by atoms with van der Waals surface area (Å²) in [5.74, 6) is 0. The van der Waals surface area contributed by atoms with Gasteiger partial charge in [0.15, 0.2) is 0 Å². The first-order chi connectivity index (χ1) is 11.7. The maximum absolute atomic E-state index is 2.45. The number of thiophene rings is 1. The summed E-state index contributed by atoms with van der Waals surface area (Å²) < 4.78 is 5.22. The Kier molecular flexibility index (Phi) is 2.84. The van der Waals surface area contributed by atoms with Crippen molar-refractivity contribution >= 4 is 53.3 Å². The van der Waals surface area contributed by atoms with Crippen LogP contribution in [0.5, 0.6) is 0 Å². The summed E-state index contributed by atoms with van der Waals surface area (Å²) in [5, 5.41) is 5.64. The summed E-state index contributed by atoms with van der Waals surface area (Å²) in [6.07, 6.45) is 0. The molecule has 0 saturated heterocycles. The van der Waals surface area contributed by atoms with E-state index in [1.165, 1.54) is 53.1 Å². The lowest BCUT2D eigenvalue weighted by Gasteiger charge is -2.03. The number of hydrogen-bond acceptors (Lipinski definition) is 1. The average molecular weight is 329 g/mol. The fourth-order valence-corrected chi connectivity index (χ4v) is 5.12. The lowest BCUT2D eigenvalue weighted by Crippen LogP contribution is -1.92. The number of benzene rings is 3. The largest absolute Gasteiger partial charge is 0.341 e. The maximum atomic E-state index is 2.45. The summed E-state index contributed by atoms with van der Waals surface area (Å²) in [4.78, 5) is 0. The van der Waals surface area contributed by atoms with Crippen LogP contribution in [0, 0.1) is 13.8 Å². The molecule has 2 aromatic heterocycles. The predicted octanol–water partition coefficient (Wildman–Crippen LogP) is 6.80. The van der Waals surface area contributed by atoms with Crippen molar-refractivity contribution in [3.63, 3.8) is 0 Å². The van der Waals surface area contributed by atoms with E-state index in [1.54, 1.807) is 0 Å². The second kappa shape index (κ2) is 4.84. The highest BCUT2D eigenvalue weighted by Crippen LogP contribution is 2.42. The molecule has 1 nitrogen and oxygen atoms in total. The van der Waals surface area contributed by atoms with E-state index < -0.39 is 0 Å². The zero-order valence-electron chi connectivity index (χ0n) is 14.2. The zero-order valence-corrected chi connectivity index (χ0v) is 15.0. The summed E-state index contributed by atoms with van der Waals surface area (Å²) in [5.41, 5.74) is 5.35. The van der Waals surface area contributed by atoms with Gasteiger partial charge in [-0.05, 0) is 57.2 Å². The van der Waals surface area contributed by atoms with E-state index in [2.05, 4.69) is 73.9 Å². The Morgan fingerprint density at radius 1 is 0.750 bits per heavy atom. The normalized spacial score (nSPS) is 12.1. The SMILES string of the molecule is CCn1c2ccc(C)cc2c2c3c(ccc21)sc1ccc(C)cc13. The Hall–Kier alpha value is -2.32. The highest BCUT2D eigenvalue weighted by Gasteiger charge is 2.16. The third-order valence-corrected chi connectivity index (χ3v) is 6.22. The second-order valence-electron chi connectivity index (χ2n) is 6.70. The van der Waals surface area contributed by atoms with Crippen LogP contribution in [0.4, 0.5) is 0 Å². The molecule has 0 saturated carbocycles. The number of aryl methyl sites for hydroxylation is 3. The van der Waals surface area contributed by atoms with Crippen LogP contribution in [-0.4, -0.2) is 4.57 Å². The van der Waals surface area contributed by atoms with Crippen molar-refractivity contribution in [1.29, 1.82) is 0 Å². The Morgan fingerprint density at radius 2 is 1.42 bits per heavy atom. The lowest BCUT2D eigenvalue weighted by molar-refractivity contribution is 0.827. The van der Waals surface area contributed by atoms with Crippen LogP contribution in [-0.2, 0) is 6.54 Å². The van der Waals surface area contributed by atoms with Crippen molar-refractivity contribution in [2.45, 2.75) is 27.3 Å². The molecule has 2 heteroatoms. The second-order valence-corrected chi connectivity index (χ2v) is 7.78. The summed E-state index contributed by atoms with van der Waals surface area (Å²) in [7, 11) is 0. The van der Waals surface area contributed by atoms with Crippen molar-refractivity contribution in [1.82, 2.24) is 4.57 Å². The summed E-state index contributed by atoms with van der Waals surface area (Å²) in [6, 6.07) is 18.3. The number of nitrogens with zero attached hydrogens (tertiary/aromatic N) is 1. The van der Waals surface area contributed by atoms with Gasteiger partial charge in [0, 0.05) is 48.5 Å². The number of hydrogen-bond donors (Lipinski definition) is 0. The molecule has 0 unspecified atom stereocenters. The molecular formula is C22H19NS. The van der Waals surface area contributed by atoms with E-state index >= 15 is 0 Å². The van der Waals surface area contributed by atoms with Gasteiger partial charge in [-0.1, -0.05) is 23.3 Å². The average Bonchev–Trinajstić information content (AvgIpc) is 3.09. The molecule has 0 aliphatic heterocycles. The summed E-state index contributed by atoms with van der Waals surface area (Å²) in [6.45, 7) is 7.60. The van der Waals surface area contributed by atoms with Crippen LogP contribution in [0.25, 0.3) is 42.0 Å². The fourth-order valence-electron chi connectivity index (χ4n) is 4.03. The molecule has 0 amide bonds. The van der Waals surface area contributed by atoms with E-state index in [9.17, 15) is 0 Å². The van der Waals surface area contributed by atoms with E-state index in [0.29, 0.717) is 0 Å². The lowest BCUT2D eigenvalue weighted by atomic mass is 10.0. The van der Waals surface area contributed by atoms with E-state index in [-0.39, 0.29) is 0 Å². The number of aromatic nitrogens is 1. The van der Waals surface area contributed by atoms with Crippen LogP contribution in [0.2, 0.25) is 0 Å². The summed E-state index contributed by atoms with van der Waals surface area (Å²) >= 11 is 1.91. The van der Waals surface area contributed by atoms with E-state index in [1.807, 2.05) is 11.3 Å². The molecule has 0 atom stereocenters. The monoisotopic (exact) mass is 329 g/mol. The van der Waals surface area contributed by atoms with Gasteiger partial charge < -0.3 is 4.57 Å². The van der Waals surface area contributed by atoms with Gasteiger partial charge in [-0.25, -0.2) is 0 Å². The highest BCUT2D eigenvalue weighted by atomic mass is 32.1. The number of fused-ring (bicyclic) bond motifs is 7.